The molecule has 1 unspecified atom stereocenters. The summed E-state index contributed by atoms with van der Waals surface area (Å²) in [4.78, 5) is 1.76. The lowest BCUT2D eigenvalue weighted by molar-refractivity contribution is -0.908. The zero-order valence-corrected chi connectivity index (χ0v) is 12.7. The zero-order valence-electron chi connectivity index (χ0n) is 11.1. The first-order valence-corrected chi connectivity index (χ1v) is 7.75. The van der Waals surface area contributed by atoms with E-state index in [1.54, 1.807) is 4.90 Å². The number of ether oxygens (including phenoxy) is 1. The molecule has 18 heavy (non-hydrogen) atoms. The van der Waals surface area contributed by atoms with Crippen LogP contribution >= 0.6 is 15.9 Å². The van der Waals surface area contributed by atoms with E-state index in [-0.39, 0.29) is 0 Å². The molecule has 1 heterocycles. The third kappa shape index (κ3) is 4.62. The number of quaternary nitrogens is 1. The lowest BCUT2D eigenvalue weighted by Gasteiger charge is -2.27. The van der Waals surface area contributed by atoms with Crippen LogP contribution in [0.5, 0.6) is 5.75 Å². The number of halogens is 1. The molecule has 0 radical (unpaired) electrons. The van der Waals surface area contributed by atoms with E-state index >= 15 is 0 Å². The summed E-state index contributed by atoms with van der Waals surface area (Å²) < 4.78 is 6.84. The Morgan fingerprint density at radius 2 is 2.33 bits per heavy atom. The molecule has 2 rings (SSSR count). The van der Waals surface area contributed by atoms with Crippen LogP contribution in [0.25, 0.3) is 0 Å². The lowest BCUT2D eigenvalue weighted by atomic mass is 10.0. The van der Waals surface area contributed by atoms with Gasteiger partial charge in [-0.2, -0.15) is 0 Å². The van der Waals surface area contributed by atoms with Gasteiger partial charge in [0.25, 0.3) is 0 Å². The number of hydrogen-bond donors (Lipinski definition) is 1. The van der Waals surface area contributed by atoms with Crippen LogP contribution in [0.1, 0.15) is 26.2 Å². The maximum absolute atomic E-state index is 5.76. The van der Waals surface area contributed by atoms with E-state index in [0.29, 0.717) is 0 Å². The van der Waals surface area contributed by atoms with Crippen molar-refractivity contribution in [3.8, 4) is 5.75 Å². The van der Waals surface area contributed by atoms with E-state index in [1.165, 1.54) is 32.5 Å². The van der Waals surface area contributed by atoms with Crippen LogP contribution in [0.4, 0.5) is 0 Å². The molecule has 1 aromatic rings. The molecular formula is C15H23BrNO+. The van der Waals surface area contributed by atoms with E-state index in [2.05, 4.69) is 22.9 Å². The third-order valence-electron chi connectivity index (χ3n) is 3.60. The van der Waals surface area contributed by atoms with Crippen LogP contribution in [0.3, 0.4) is 0 Å². The summed E-state index contributed by atoms with van der Waals surface area (Å²) in [5, 5.41) is 0. The predicted octanol–water partition coefficient (Wildman–Crippen LogP) is 2.53. The molecule has 0 amide bonds. The molecule has 1 N–H and O–H groups in total. The summed E-state index contributed by atoms with van der Waals surface area (Å²) in [5.74, 6) is 1.87. The summed E-state index contributed by atoms with van der Waals surface area (Å²) in [7, 11) is 0. The van der Waals surface area contributed by atoms with Gasteiger partial charge in [0.15, 0.2) is 0 Å². The van der Waals surface area contributed by atoms with Gasteiger partial charge in [0.2, 0.25) is 0 Å². The van der Waals surface area contributed by atoms with Gasteiger partial charge >= 0.3 is 0 Å². The van der Waals surface area contributed by atoms with Crippen LogP contribution in [-0.2, 0) is 0 Å². The summed E-state index contributed by atoms with van der Waals surface area (Å²) in [6, 6.07) is 8.07. The summed E-state index contributed by atoms with van der Waals surface area (Å²) in [6.45, 7) is 7.14. The average Bonchev–Trinajstić information content (AvgIpc) is 2.35. The maximum atomic E-state index is 5.76. The van der Waals surface area contributed by atoms with Gasteiger partial charge in [0.1, 0.15) is 5.75 Å². The SMILES string of the molecule is C[C@H]1CCC[NH+](CCCOc2cccc(Br)c2)C1. The van der Waals surface area contributed by atoms with Crippen molar-refractivity contribution in [3.05, 3.63) is 28.7 Å². The van der Waals surface area contributed by atoms with Crippen LogP contribution in [0.15, 0.2) is 28.7 Å². The molecular weight excluding hydrogens is 290 g/mol. The molecule has 1 aliphatic rings. The van der Waals surface area contributed by atoms with E-state index in [1.807, 2.05) is 24.3 Å². The molecule has 2 nitrogen and oxygen atoms in total. The van der Waals surface area contributed by atoms with Crippen LogP contribution in [0.2, 0.25) is 0 Å². The van der Waals surface area contributed by atoms with Gasteiger partial charge in [-0.15, -0.1) is 0 Å². The van der Waals surface area contributed by atoms with Crippen molar-refractivity contribution in [1.82, 2.24) is 0 Å². The van der Waals surface area contributed by atoms with Crippen LogP contribution in [-0.4, -0.2) is 26.2 Å². The van der Waals surface area contributed by atoms with Gasteiger partial charge in [0.05, 0.1) is 26.2 Å². The number of likely N-dealkylation sites (tertiary alicyclic amines) is 1. The first-order chi connectivity index (χ1) is 8.74. The van der Waals surface area contributed by atoms with Gasteiger partial charge in [0, 0.05) is 16.8 Å². The Kier molecular flexibility index (Phi) is 5.51. The Labute approximate surface area is 118 Å². The molecule has 3 heteroatoms. The maximum Gasteiger partial charge on any atom is 0.120 e. The Morgan fingerprint density at radius 3 is 3.11 bits per heavy atom. The first-order valence-electron chi connectivity index (χ1n) is 6.96. The molecule has 1 aliphatic heterocycles. The highest BCUT2D eigenvalue weighted by atomic mass is 79.9. The lowest BCUT2D eigenvalue weighted by Crippen LogP contribution is -3.13. The Bertz CT molecular complexity index is 369. The second-order valence-corrected chi connectivity index (χ2v) is 6.28. The van der Waals surface area contributed by atoms with Crippen molar-refractivity contribution in [2.45, 2.75) is 26.2 Å². The molecule has 0 saturated carbocycles. The minimum absolute atomic E-state index is 0.828. The van der Waals surface area contributed by atoms with Crippen molar-refractivity contribution in [1.29, 1.82) is 0 Å². The Balaban J connectivity index is 1.64. The van der Waals surface area contributed by atoms with E-state index in [9.17, 15) is 0 Å². The largest absolute Gasteiger partial charge is 0.493 e. The van der Waals surface area contributed by atoms with Gasteiger partial charge in [-0.3, -0.25) is 0 Å². The minimum atomic E-state index is 0.828. The number of nitrogens with one attached hydrogen (secondary N) is 1. The summed E-state index contributed by atoms with van der Waals surface area (Å²) in [5.41, 5.74) is 0. The molecule has 1 fully saturated rings. The van der Waals surface area contributed by atoms with Crippen molar-refractivity contribution in [2.24, 2.45) is 5.92 Å². The second-order valence-electron chi connectivity index (χ2n) is 5.36. The first kappa shape index (κ1) is 13.9. The Hall–Kier alpha value is -0.540. The molecule has 0 bridgehead atoms. The van der Waals surface area contributed by atoms with Crippen molar-refractivity contribution in [3.63, 3.8) is 0 Å². The number of piperidine rings is 1. The normalized spacial score (nSPS) is 23.9. The number of benzene rings is 1. The van der Waals surface area contributed by atoms with E-state index < -0.39 is 0 Å². The second kappa shape index (κ2) is 7.15. The molecule has 2 atom stereocenters. The number of rotatable bonds is 5. The highest BCUT2D eigenvalue weighted by Crippen LogP contribution is 2.17. The summed E-state index contributed by atoms with van der Waals surface area (Å²) >= 11 is 3.46. The number of hydrogen-bond acceptors (Lipinski definition) is 1. The summed E-state index contributed by atoms with van der Waals surface area (Å²) in [6.07, 6.45) is 3.95. The quantitative estimate of drug-likeness (QED) is 0.825. The minimum Gasteiger partial charge on any atom is -0.493 e. The Morgan fingerprint density at radius 1 is 1.44 bits per heavy atom. The molecule has 100 valence electrons. The smallest absolute Gasteiger partial charge is 0.120 e. The van der Waals surface area contributed by atoms with Crippen LogP contribution in [0, 0.1) is 5.92 Å². The van der Waals surface area contributed by atoms with E-state index in [4.69, 9.17) is 4.74 Å². The third-order valence-corrected chi connectivity index (χ3v) is 4.10. The van der Waals surface area contributed by atoms with Crippen molar-refractivity contribution < 1.29 is 9.64 Å². The molecule has 1 saturated heterocycles. The highest BCUT2D eigenvalue weighted by molar-refractivity contribution is 9.10. The van der Waals surface area contributed by atoms with Gasteiger partial charge in [-0.25, -0.2) is 0 Å². The predicted molar refractivity (Wildman–Crippen MR) is 78.2 cm³/mol. The van der Waals surface area contributed by atoms with Gasteiger partial charge < -0.3 is 9.64 Å². The molecule has 1 aromatic carbocycles. The standard InChI is InChI=1S/C15H22BrNO/c1-13-5-3-8-17(12-13)9-4-10-18-15-7-2-6-14(16)11-15/h2,6-7,11,13H,3-5,8-10,12H2,1H3/p+1/t13-/m0/s1. The average molecular weight is 313 g/mol. The zero-order chi connectivity index (χ0) is 12.8. The fraction of sp³-hybridized carbons (Fsp3) is 0.600. The fourth-order valence-electron chi connectivity index (χ4n) is 2.69. The molecule has 0 spiro atoms. The van der Waals surface area contributed by atoms with E-state index in [0.717, 1.165) is 29.2 Å². The van der Waals surface area contributed by atoms with Gasteiger partial charge in [-0.05, 0) is 31.0 Å². The highest BCUT2D eigenvalue weighted by Gasteiger charge is 2.18. The molecule has 0 aromatic heterocycles. The van der Waals surface area contributed by atoms with Crippen LogP contribution < -0.4 is 9.64 Å². The van der Waals surface area contributed by atoms with Crippen molar-refractivity contribution >= 4 is 15.9 Å². The molecule has 0 aliphatic carbocycles. The fourth-order valence-corrected chi connectivity index (χ4v) is 3.07. The topological polar surface area (TPSA) is 13.7 Å². The van der Waals surface area contributed by atoms with Crippen molar-refractivity contribution in [2.75, 3.05) is 26.2 Å². The monoisotopic (exact) mass is 312 g/mol. The van der Waals surface area contributed by atoms with Gasteiger partial charge in [-0.1, -0.05) is 28.9 Å².